The van der Waals surface area contributed by atoms with Crippen LogP contribution in [-0.2, 0) is 24.1 Å². The predicted molar refractivity (Wildman–Crippen MR) is 137 cm³/mol. The molecule has 1 saturated heterocycles. The number of methoxy groups -OCH3 is 1. The molecule has 1 heterocycles. The molecule has 0 radical (unpaired) electrons. The van der Waals surface area contributed by atoms with Gasteiger partial charge in [0.15, 0.2) is 0 Å². The van der Waals surface area contributed by atoms with E-state index in [1.807, 2.05) is 0 Å². The van der Waals surface area contributed by atoms with Gasteiger partial charge >= 0.3 is 18.2 Å². The van der Waals surface area contributed by atoms with E-state index in [9.17, 15) is 41.4 Å². The number of nitrogens with one attached hydrogen (secondary N) is 1. The third-order valence-corrected chi connectivity index (χ3v) is 6.69. The molecule has 1 aliphatic rings. The van der Waals surface area contributed by atoms with Gasteiger partial charge in [0, 0.05) is 17.4 Å². The lowest BCUT2D eigenvalue weighted by molar-refractivity contribution is -0.140. The van der Waals surface area contributed by atoms with Gasteiger partial charge in [-0.05, 0) is 61.4 Å². The van der Waals surface area contributed by atoms with Gasteiger partial charge in [0.25, 0.3) is 5.91 Å². The Labute approximate surface area is 230 Å². The van der Waals surface area contributed by atoms with Crippen LogP contribution in [0.25, 0.3) is 0 Å². The maximum absolute atomic E-state index is 14.2. The maximum atomic E-state index is 14.2. The largest absolute Gasteiger partial charge is 0.496 e. The molecule has 0 aromatic heterocycles. The molecule has 41 heavy (non-hydrogen) atoms. The molecule has 0 atom stereocenters. The average Bonchev–Trinajstić information content (AvgIpc) is 3.05. The molecule has 0 spiro atoms. The van der Waals surface area contributed by atoms with Crippen LogP contribution in [0.4, 0.5) is 38.1 Å². The van der Waals surface area contributed by atoms with Gasteiger partial charge in [-0.25, -0.2) is 18.4 Å². The second kappa shape index (κ2) is 10.7. The number of rotatable bonds is 8. The van der Waals surface area contributed by atoms with E-state index in [1.54, 1.807) is 0 Å². The Morgan fingerprint density at radius 2 is 1.71 bits per heavy atom. The summed E-state index contributed by atoms with van der Waals surface area (Å²) in [5, 5.41) is 12.3. The number of aromatic carboxylic acids is 1. The van der Waals surface area contributed by atoms with Crippen molar-refractivity contribution in [2.24, 2.45) is 0 Å². The lowest BCUT2D eigenvalue weighted by Crippen LogP contribution is -2.43. The van der Waals surface area contributed by atoms with Gasteiger partial charge in [0.1, 0.15) is 28.5 Å². The summed E-state index contributed by atoms with van der Waals surface area (Å²) in [5.41, 5.74) is -2.20. The second-order valence-corrected chi connectivity index (χ2v) is 9.78. The summed E-state index contributed by atoms with van der Waals surface area (Å²) in [6.07, 6.45) is -4.96. The minimum absolute atomic E-state index is 0.0482. The number of urea groups is 1. The smallest absolute Gasteiger partial charge is 0.419 e. The summed E-state index contributed by atoms with van der Waals surface area (Å²) in [5.74, 6) is -3.95. The first-order valence-electron chi connectivity index (χ1n) is 12.1. The number of benzene rings is 3. The minimum atomic E-state index is -4.96. The SMILES string of the molecule is COc1cc(Nc2cc(F)ccc2CN2C(=O)N(Cc3ccc(F)c(C(F)(F)F)c3)C(=O)C2(C)C)ccc1C(=O)O. The molecule has 8 nitrogen and oxygen atoms in total. The van der Waals surface area contributed by atoms with Gasteiger partial charge in [0.2, 0.25) is 0 Å². The van der Waals surface area contributed by atoms with Crippen LogP contribution in [-0.4, -0.2) is 45.5 Å². The maximum Gasteiger partial charge on any atom is 0.419 e. The van der Waals surface area contributed by atoms with Crippen molar-refractivity contribution >= 4 is 29.3 Å². The summed E-state index contributed by atoms with van der Waals surface area (Å²) < 4.78 is 72.6. The van der Waals surface area contributed by atoms with Gasteiger partial charge in [-0.3, -0.25) is 9.69 Å². The van der Waals surface area contributed by atoms with Crippen molar-refractivity contribution in [1.29, 1.82) is 0 Å². The summed E-state index contributed by atoms with van der Waals surface area (Å²) in [6, 6.07) is 9.26. The van der Waals surface area contributed by atoms with Crippen LogP contribution < -0.4 is 10.1 Å². The fourth-order valence-electron chi connectivity index (χ4n) is 4.47. The first kappa shape index (κ1) is 29.3. The quantitative estimate of drug-likeness (QED) is 0.245. The number of ether oxygens (including phenoxy) is 1. The number of carbonyl (C=O) groups excluding carboxylic acids is 2. The van der Waals surface area contributed by atoms with E-state index in [0.717, 1.165) is 23.1 Å². The van der Waals surface area contributed by atoms with E-state index in [4.69, 9.17) is 4.74 Å². The Morgan fingerprint density at radius 1 is 1.00 bits per heavy atom. The molecule has 1 fully saturated rings. The Balaban J connectivity index is 1.62. The number of carboxylic acid groups (broad SMARTS) is 1. The zero-order valence-corrected chi connectivity index (χ0v) is 22.0. The van der Waals surface area contributed by atoms with Crippen LogP contribution in [0.2, 0.25) is 0 Å². The molecular weight excluding hydrogens is 553 g/mol. The van der Waals surface area contributed by atoms with Crippen LogP contribution >= 0.6 is 0 Å². The van der Waals surface area contributed by atoms with Crippen LogP contribution in [0, 0.1) is 11.6 Å². The normalized spacial score (nSPS) is 14.9. The molecular formula is C28H24F5N3O5. The zero-order valence-electron chi connectivity index (χ0n) is 22.0. The topological polar surface area (TPSA) is 99.2 Å². The van der Waals surface area contributed by atoms with Gasteiger partial charge in [-0.15, -0.1) is 0 Å². The fourth-order valence-corrected chi connectivity index (χ4v) is 4.47. The van der Waals surface area contributed by atoms with Crippen LogP contribution in [0.15, 0.2) is 54.6 Å². The molecule has 0 saturated carbocycles. The molecule has 3 aromatic carbocycles. The van der Waals surface area contributed by atoms with Crippen molar-refractivity contribution in [1.82, 2.24) is 9.80 Å². The third-order valence-electron chi connectivity index (χ3n) is 6.69. The third kappa shape index (κ3) is 5.79. The van der Waals surface area contributed by atoms with E-state index in [-0.39, 0.29) is 29.1 Å². The highest BCUT2D eigenvalue weighted by atomic mass is 19.4. The van der Waals surface area contributed by atoms with Crippen molar-refractivity contribution < 1.29 is 46.2 Å². The predicted octanol–water partition coefficient (Wildman–Crippen LogP) is 6.18. The van der Waals surface area contributed by atoms with Crippen molar-refractivity contribution in [3.63, 3.8) is 0 Å². The number of amides is 3. The average molecular weight is 578 g/mol. The lowest BCUT2D eigenvalue weighted by atomic mass is 10.0. The Kier molecular flexibility index (Phi) is 7.66. The molecule has 3 aromatic rings. The van der Waals surface area contributed by atoms with Crippen molar-refractivity contribution in [3.8, 4) is 5.75 Å². The number of hydrogen-bond acceptors (Lipinski definition) is 5. The molecule has 1 aliphatic heterocycles. The second-order valence-electron chi connectivity index (χ2n) is 9.78. The molecule has 2 N–H and O–H groups in total. The van der Waals surface area contributed by atoms with Crippen LogP contribution in [0.1, 0.15) is 40.9 Å². The molecule has 13 heteroatoms. The number of carboxylic acids is 1. The van der Waals surface area contributed by atoms with Gasteiger partial charge in [-0.1, -0.05) is 12.1 Å². The summed E-state index contributed by atoms with van der Waals surface area (Å²) in [6.45, 7) is 2.21. The first-order valence-corrected chi connectivity index (χ1v) is 12.1. The van der Waals surface area contributed by atoms with E-state index < -0.39 is 53.4 Å². The number of imide groups is 1. The van der Waals surface area contributed by atoms with E-state index in [2.05, 4.69) is 5.32 Å². The Hall–Kier alpha value is -4.68. The molecule has 4 rings (SSSR count). The van der Waals surface area contributed by atoms with Crippen LogP contribution in [0.3, 0.4) is 0 Å². The monoisotopic (exact) mass is 577 g/mol. The van der Waals surface area contributed by atoms with E-state index in [0.29, 0.717) is 23.4 Å². The molecule has 0 bridgehead atoms. The highest BCUT2D eigenvalue weighted by Crippen LogP contribution is 2.36. The van der Waals surface area contributed by atoms with Crippen molar-refractivity contribution in [2.75, 3.05) is 12.4 Å². The Morgan fingerprint density at radius 3 is 2.34 bits per heavy atom. The highest BCUT2D eigenvalue weighted by Gasteiger charge is 2.51. The van der Waals surface area contributed by atoms with Crippen molar-refractivity contribution in [3.05, 3.63) is 88.5 Å². The highest BCUT2D eigenvalue weighted by molar-refractivity contribution is 6.06. The number of alkyl halides is 3. The number of anilines is 2. The summed E-state index contributed by atoms with van der Waals surface area (Å²) >= 11 is 0. The standard InChI is InChI=1S/C28H24F5N3O5/c1-27(2)25(39)35(13-15-4-9-21(30)20(10-15)28(31,32)33)26(40)36(27)14-16-5-6-17(29)11-22(16)34-18-7-8-19(24(37)38)23(12-18)41-3/h4-12,34H,13-14H2,1-3H3,(H,37,38). The van der Waals surface area contributed by atoms with Gasteiger partial charge < -0.3 is 20.1 Å². The molecule has 216 valence electrons. The number of carbonyl (C=O) groups is 3. The number of hydrogen-bond donors (Lipinski definition) is 2. The summed E-state index contributed by atoms with van der Waals surface area (Å²) in [4.78, 5) is 39.9. The Bertz CT molecular complexity index is 1540. The molecule has 0 aliphatic carbocycles. The van der Waals surface area contributed by atoms with Gasteiger partial charge in [-0.2, -0.15) is 13.2 Å². The van der Waals surface area contributed by atoms with Crippen molar-refractivity contribution in [2.45, 2.75) is 38.7 Å². The number of halogens is 5. The zero-order chi connectivity index (χ0) is 30.3. The summed E-state index contributed by atoms with van der Waals surface area (Å²) in [7, 11) is 1.29. The van der Waals surface area contributed by atoms with E-state index in [1.165, 1.54) is 50.1 Å². The van der Waals surface area contributed by atoms with Crippen LogP contribution in [0.5, 0.6) is 5.75 Å². The fraction of sp³-hybridized carbons (Fsp3) is 0.250. The lowest BCUT2D eigenvalue weighted by Gasteiger charge is -2.28. The molecule has 3 amide bonds. The molecule has 0 unspecified atom stereocenters. The minimum Gasteiger partial charge on any atom is -0.496 e. The van der Waals surface area contributed by atoms with Gasteiger partial charge in [0.05, 0.1) is 25.8 Å². The van der Waals surface area contributed by atoms with E-state index >= 15 is 0 Å². The first-order chi connectivity index (χ1) is 19.1. The number of nitrogens with zero attached hydrogens (tertiary/aromatic N) is 2.